The molecule has 6 unspecified atom stereocenters. The first-order chi connectivity index (χ1) is 10.8. The maximum atomic E-state index is 12.4. The summed E-state index contributed by atoms with van der Waals surface area (Å²) in [6.45, 7) is 0. The lowest BCUT2D eigenvalue weighted by molar-refractivity contribution is -0.194. The van der Waals surface area contributed by atoms with Crippen molar-refractivity contribution < 1.29 is 19.1 Å². The van der Waals surface area contributed by atoms with E-state index in [1.165, 1.54) is 0 Å². The van der Waals surface area contributed by atoms with E-state index >= 15 is 0 Å². The molecular formula is C18H14O4. The summed E-state index contributed by atoms with van der Waals surface area (Å²) in [5.41, 5.74) is 0.957. The van der Waals surface area contributed by atoms with Crippen LogP contribution in [0.4, 0.5) is 0 Å². The van der Waals surface area contributed by atoms with Crippen molar-refractivity contribution in [2.45, 2.75) is 12.0 Å². The van der Waals surface area contributed by atoms with Gasteiger partial charge in [0.25, 0.3) is 0 Å². The first-order valence-electron chi connectivity index (χ1n) is 7.62. The molecule has 2 aliphatic carbocycles. The van der Waals surface area contributed by atoms with E-state index in [1.807, 2.05) is 36.4 Å². The minimum absolute atomic E-state index is 0.0155. The third kappa shape index (κ3) is 1.37. The van der Waals surface area contributed by atoms with Crippen LogP contribution in [0.2, 0.25) is 0 Å². The van der Waals surface area contributed by atoms with E-state index in [0.29, 0.717) is 5.75 Å². The van der Waals surface area contributed by atoms with Crippen LogP contribution in [0.25, 0.3) is 0 Å². The number of hydrogen-bond donors (Lipinski definition) is 0. The summed E-state index contributed by atoms with van der Waals surface area (Å²) >= 11 is 0. The van der Waals surface area contributed by atoms with Crippen molar-refractivity contribution in [1.29, 1.82) is 0 Å². The molecule has 4 aliphatic rings. The molecule has 0 spiro atoms. The van der Waals surface area contributed by atoms with Gasteiger partial charge in [-0.1, -0.05) is 36.4 Å². The lowest BCUT2D eigenvalue weighted by Crippen LogP contribution is -2.63. The van der Waals surface area contributed by atoms with Gasteiger partial charge in [-0.2, -0.15) is 0 Å². The molecule has 6 atom stereocenters. The Morgan fingerprint density at radius 1 is 0.864 bits per heavy atom. The smallest absolute Gasteiger partial charge is 0.315 e. The van der Waals surface area contributed by atoms with Crippen molar-refractivity contribution in [3.63, 3.8) is 0 Å². The predicted molar refractivity (Wildman–Crippen MR) is 76.9 cm³/mol. The Kier molecular flexibility index (Phi) is 2.27. The first-order valence-corrected chi connectivity index (χ1v) is 7.62. The van der Waals surface area contributed by atoms with Gasteiger partial charge in [-0.05, 0) is 23.6 Å². The maximum Gasteiger partial charge on any atom is 0.315 e. The summed E-state index contributed by atoms with van der Waals surface area (Å²) in [6.07, 6.45) is 7.56. The summed E-state index contributed by atoms with van der Waals surface area (Å²) in [5, 5.41) is 0. The highest BCUT2D eigenvalue weighted by Gasteiger charge is 2.66. The SMILES string of the molecule is O=C1Oc2ccccc2C2C1C1C3C=CC=CC3OC(=O)C21. The number of ether oxygens (including phenoxy) is 2. The van der Waals surface area contributed by atoms with E-state index in [-0.39, 0.29) is 47.6 Å². The van der Waals surface area contributed by atoms with Crippen LogP contribution in [0.15, 0.2) is 48.6 Å². The average molecular weight is 294 g/mol. The van der Waals surface area contributed by atoms with E-state index in [4.69, 9.17) is 9.47 Å². The summed E-state index contributed by atoms with van der Waals surface area (Å²) in [5.74, 6) is -0.326. The number of benzene rings is 1. The molecule has 1 aromatic carbocycles. The maximum absolute atomic E-state index is 12.4. The molecule has 1 saturated carbocycles. The lowest BCUT2D eigenvalue weighted by atomic mass is 9.48. The molecule has 0 N–H and O–H groups in total. The number of hydrogen-bond acceptors (Lipinski definition) is 4. The first kappa shape index (κ1) is 12.2. The molecule has 0 amide bonds. The Hall–Kier alpha value is -2.36. The van der Waals surface area contributed by atoms with Crippen molar-refractivity contribution >= 4 is 11.9 Å². The largest absolute Gasteiger partial charge is 0.457 e. The van der Waals surface area contributed by atoms with Gasteiger partial charge in [-0.15, -0.1) is 0 Å². The normalized spacial score (nSPS) is 40.4. The van der Waals surface area contributed by atoms with Crippen LogP contribution < -0.4 is 4.74 Å². The third-order valence-electron chi connectivity index (χ3n) is 5.46. The fraction of sp³-hybridized carbons (Fsp3) is 0.333. The van der Waals surface area contributed by atoms with Gasteiger partial charge in [-0.25, -0.2) is 0 Å². The van der Waals surface area contributed by atoms with Crippen LogP contribution in [-0.4, -0.2) is 18.0 Å². The number of para-hydroxylation sites is 1. The van der Waals surface area contributed by atoms with Gasteiger partial charge in [0, 0.05) is 11.8 Å². The fourth-order valence-electron chi connectivity index (χ4n) is 4.56. The second kappa shape index (κ2) is 4.09. The molecule has 1 aromatic rings. The van der Waals surface area contributed by atoms with E-state index in [9.17, 15) is 9.59 Å². The highest BCUT2D eigenvalue weighted by atomic mass is 16.6. The number of esters is 2. The second-order valence-corrected chi connectivity index (χ2v) is 6.36. The second-order valence-electron chi connectivity index (χ2n) is 6.36. The van der Waals surface area contributed by atoms with Crippen molar-refractivity contribution in [2.75, 3.05) is 0 Å². The van der Waals surface area contributed by atoms with Crippen LogP contribution in [0, 0.1) is 23.7 Å². The summed E-state index contributed by atoms with van der Waals surface area (Å²) in [7, 11) is 0. The van der Waals surface area contributed by atoms with Gasteiger partial charge in [0.05, 0.1) is 11.8 Å². The highest BCUT2D eigenvalue weighted by Crippen LogP contribution is 2.62. The van der Waals surface area contributed by atoms with Gasteiger partial charge >= 0.3 is 11.9 Å². The average Bonchev–Trinajstić information content (AvgIpc) is 2.48. The highest BCUT2D eigenvalue weighted by molar-refractivity contribution is 5.88. The molecule has 4 nitrogen and oxygen atoms in total. The molecule has 4 heteroatoms. The summed E-state index contributed by atoms with van der Waals surface area (Å²) in [4.78, 5) is 24.9. The zero-order chi connectivity index (χ0) is 14.8. The molecule has 22 heavy (non-hydrogen) atoms. The molecule has 0 radical (unpaired) electrons. The van der Waals surface area contributed by atoms with Crippen molar-refractivity contribution in [3.8, 4) is 5.75 Å². The number of carbonyl (C=O) groups excluding carboxylic acids is 2. The Bertz CT molecular complexity index is 747. The number of fused-ring (bicyclic) bond motifs is 8. The Morgan fingerprint density at radius 3 is 2.55 bits per heavy atom. The molecule has 110 valence electrons. The number of rotatable bonds is 0. The number of allylic oxidation sites excluding steroid dienone is 2. The Morgan fingerprint density at radius 2 is 1.64 bits per heavy atom. The van der Waals surface area contributed by atoms with Crippen LogP contribution in [-0.2, 0) is 14.3 Å². The molecule has 5 rings (SSSR count). The van der Waals surface area contributed by atoms with Crippen LogP contribution in [0.1, 0.15) is 11.5 Å². The van der Waals surface area contributed by atoms with Crippen molar-refractivity contribution in [3.05, 3.63) is 54.1 Å². The van der Waals surface area contributed by atoms with E-state index in [0.717, 1.165) is 5.56 Å². The molecular weight excluding hydrogens is 280 g/mol. The van der Waals surface area contributed by atoms with Crippen molar-refractivity contribution in [2.24, 2.45) is 23.7 Å². The zero-order valence-corrected chi connectivity index (χ0v) is 11.7. The van der Waals surface area contributed by atoms with Crippen LogP contribution >= 0.6 is 0 Å². The third-order valence-corrected chi connectivity index (χ3v) is 5.46. The summed E-state index contributed by atoms with van der Waals surface area (Å²) in [6, 6.07) is 7.50. The zero-order valence-electron chi connectivity index (χ0n) is 11.7. The Labute approximate surface area is 127 Å². The van der Waals surface area contributed by atoms with E-state index in [2.05, 4.69) is 6.08 Å². The van der Waals surface area contributed by atoms with Crippen LogP contribution in [0.3, 0.4) is 0 Å². The molecule has 2 heterocycles. The standard InChI is InChI=1S/C18H14O4/c19-17-15-13(9-5-1-3-7-11(9)21-17)16-14(15)10-6-2-4-8-12(10)22-18(16)20/h1-9,11,13-16H. The molecule has 0 bridgehead atoms. The van der Waals surface area contributed by atoms with Gasteiger partial charge in [0.15, 0.2) is 0 Å². The van der Waals surface area contributed by atoms with Gasteiger partial charge < -0.3 is 9.47 Å². The van der Waals surface area contributed by atoms with Gasteiger partial charge in [-0.3, -0.25) is 9.59 Å². The summed E-state index contributed by atoms with van der Waals surface area (Å²) < 4.78 is 11.1. The minimum Gasteiger partial charge on any atom is -0.457 e. The fourth-order valence-corrected chi connectivity index (χ4v) is 4.56. The number of carbonyl (C=O) groups is 2. The Balaban J connectivity index is 1.61. The van der Waals surface area contributed by atoms with E-state index in [1.54, 1.807) is 6.07 Å². The predicted octanol–water partition coefficient (Wildman–Crippen LogP) is 2.22. The van der Waals surface area contributed by atoms with Gasteiger partial charge in [0.1, 0.15) is 11.9 Å². The van der Waals surface area contributed by atoms with E-state index < -0.39 is 0 Å². The topological polar surface area (TPSA) is 52.6 Å². The van der Waals surface area contributed by atoms with Crippen molar-refractivity contribution in [1.82, 2.24) is 0 Å². The quantitative estimate of drug-likeness (QED) is 0.544. The molecule has 0 aromatic heterocycles. The molecule has 2 fully saturated rings. The molecule has 2 aliphatic heterocycles. The van der Waals surface area contributed by atoms with Gasteiger partial charge in [0.2, 0.25) is 0 Å². The monoisotopic (exact) mass is 294 g/mol. The minimum atomic E-state index is -0.246. The van der Waals surface area contributed by atoms with Crippen LogP contribution in [0.5, 0.6) is 5.75 Å². The molecule has 1 saturated heterocycles. The lowest BCUT2D eigenvalue weighted by Gasteiger charge is -2.57.